The number of amides is 2. The average molecular weight is 495 g/mol. The normalized spacial score (nSPS) is 14.1. The quantitative estimate of drug-likeness (QED) is 0.415. The van der Waals surface area contributed by atoms with Gasteiger partial charge >= 0.3 is 0 Å². The summed E-state index contributed by atoms with van der Waals surface area (Å²) in [6.45, 7) is 5.90. The number of benzene rings is 3. The van der Waals surface area contributed by atoms with Gasteiger partial charge in [-0.15, -0.1) is 0 Å². The fraction of sp³-hybridized carbons (Fsp3) is 0.231. The van der Waals surface area contributed by atoms with Gasteiger partial charge in [-0.2, -0.15) is 0 Å². The van der Waals surface area contributed by atoms with Crippen LogP contribution in [-0.2, 0) is 0 Å². The van der Waals surface area contributed by atoms with Crippen LogP contribution in [0.3, 0.4) is 0 Å². The predicted molar refractivity (Wildman–Crippen MR) is 142 cm³/mol. The predicted octanol–water partition coefficient (Wildman–Crippen LogP) is 6.17. The molecule has 2 amide bonds. The molecule has 3 aromatic rings. The molecule has 6 nitrogen and oxygen atoms in total. The Labute approximate surface area is 209 Å². The van der Waals surface area contributed by atoms with Crippen molar-refractivity contribution in [3.63, 3.8) is 0 Å². The van der Waals surface area contributed by atoms with E-state index in [-0.39, 0.29) is 11.8 Å². The lowest BCUT2D eigenvalue weighted by atomic mass is 10.1. The maximum Gasteiger partial charge on any atom is 0.255 e. The number of hydrogen-bond donors (Lipinski definition) is 2. The van der Waals surface area contributed by atoms with Crippen molar-refractivity contribution in [1.29, 1.82) is 0 Å². The first-order valence-corrected chi connectivity index (χ1v) is 12.2. The van der Waals surface area contributed by atoms with E-state index in [1.165, 1.54) is 0 Å². The van der Waals surface area contributed by atoms with E-state index in [9.17, 15) is 9.59 Å². The molecule has 8 heteroatoms. The van der Waals surface area contributed by atoms with E-state index in [1.807, 2.05) is 44.2 Å². The van der Waals surface area contributed by atoms with Crippen molar-refractivity contribution in [2.75, 3.05) is 35.1 Å². The zero-order valence-corrected chi connectivity index (χ0v) is 21.0. The molecule has 1 saturated heterocycles. The number of aryl methyl sites for hydroxylation is 2. The molecule has 0 saturated carbocycles. The number of anilines is 3. The van der Waals surface area contributed by atoms with Gasteiger partial charge in [0, 0.05) is 58.4 Å². The second kappa shape index (κ2) is 10.5. The Bertz CT molecular complexity index is 1230. The van der Waals surface area contributed by atoms with Crippen molar-refractivity contribution in [2.24, 2.45) is 0 Å². The first kappa shape index (κ1) is 24.1. The summed E-state index contributed by atoms with van der Waals surface area (Å²) in [5.74, 6) is -0.454. The first-order valence-electron chi connectivity index (χ1n) is 11.1. The van der Waals surface area contributed by atoms with E-state index >= 15 is 0 Å². The lowest BCUT2D eigenvalue weighted by Crippen LogP contribution is -2.31. The molecule has 176 valence electrons. The molecule has 0 radical (unpaired) electrons. The van der Waals surface area contributed by atoms with Crippen LogP contribution in [0.25, 0.3) is 0 Å². The molecule has 0 atom stereocenters. The van der Waals surface area contributed by atoms with Gasteiger partial charge in [-0.3, -0.25) is 9.59 Å². The summed E-state index contributed by atoms with van der Waals surface area (Å²) in [4.78, 5) is 25.6. The molecule has 4 rings (SSSR count). The van der Waals surface area contributed by atoms with Gasteiger partial charge in [-0.05, 0) is 87.0 Å². The first-order chi connectivity index (χ1) is 16.3. The van der Waals surface area contributed by atoms with Crippen LogP contribution in [0, 0.1) is 13.8 Å². The van der Waals surface area contributed by atoms with E-state index < -0.39 is 0 Å². The molecule has 0 aliphatic carbocycles. The van der Waals surface area contributed by atoms with Crippen LogP contribution in [0.5, 0.6) is 0 Å². The molecule has 1 fully saturated rings. The molecule has 2 N–H and O–H groups in total. The Morgan fingerprint density at radius 3 is 2.47 bits per heavy atom. The summed E-state index contributed by atoms with van der Waals surface area (Å²) in [6.07, 6.45) is 1.11. The Kier molecular flexibility index (Phi) is 7.46. The molecule has 1 aliphatic rings. The third-order valence-electron chi connectivity index (χ3n) is 5.65. The Morgan fingerprint density at radius 2 is 1.74 bits per heavy atom. The lowest BCUT2D eigenvalue weighted by Gasteiger charge is -2.33. The number of nitrogens with zero attached hydrogens (tertiary/aromatic N) is 2. The fourth-order valence-corrected chi connectivity index (χ4v) is 4.93. The largest absolute Gasteiger partial charge is 0.322 e. The van der Waals surface area contributed by atoms with Crippen molar-refractivity contribution in [2.45, 2.75) is 20.3 Å². The highest BCUT2D eigenvalue weighted by Crippen LogP contribution is 2.30. The molecule has 0 bridgehead atoms. The lowest BCUT2D eigenvalue weighted by molar-refractivity contribution is 0.101. The van der Waals surface area contributed by atoms with Crippen molar-refractivity contribution < 1.29 is 9.59 Å². The highest BCUT2D eigenvalue weighted by molar-refractivity contribution is 7.98. The van der Waals surface area contributed by atoms with E-state index in [0.717, 1.165) is 36.3 Å². The Balaban J connectivity index is 1.47. The zero-order chi connectivity index (χ0) is 24.2. The monoisotopic (exact) mass is 494 g/mol. The molecule has 34 heavy (non-hydrogen) atoms. The minimum atomic E-state index is -0.262. The molecule has 0 unspecified atom stereocenters. The summed E-state index contributed by atoms with van der Waals surface area (Å²) < 4.78 is 4.45. The van der Waals surface area contributed by atoms with E-state index in [2.05, 4.69) is 26.3 Å². The molecule has 0 aromatic heterocycles. The Hall–Kier alpha value is -3.00. The Morgan fingerprint density at radius 1 is 0.912 bits per heavy atom. The van der Waals surface area contributed by atoms with Gasteiger partial charge in [0.15, 0.2) is 0 Å². The number of halogens is 1. The SMILES string of the molecule is Cc1ccc(NC(=O)c2ccc(N3CCCN(C)S3)cc2C)cc1NC(=O)c1cccc(Cl)c1. The third kappa shape index (κ3) is 5.73. The third-order valence-corrected chi connectivity index (χ3v) is 6.93. The van der Waals surface area contributed by atoms with Gasteiger partial charge < -0.3 is 14.9 Å². The van der Waals surface area contributed by atoms with Crippen LogP contribution in [-0.4, -0.2) is 36.3 Å². The highest BCUT2D eigenvalue weighted by atomic mass is 35.5. The fourth-order valence-electron chi connectivity index (χ4n) is 3.78. The highest BCUT2D eigenvalue weighted by Gasteiger charge is 2.18. The number of rotatable bonds is 5. The summed E-state index contributed by atoms with van der Waals surface area (Å²) in [7, 11) is 2.08. The van der Waals surface area contributed by atoms with Crippen LogP contribution >= 0.6 is 23.7 Å². The van der Waals surface area contributed by atoms with Gasteiger partial charge in [0.25, 0.3) is 11.8 Å². The van der Waals surface area contributed by atoms with Crippen LogP contribution in [0.15, 0.2) is 60.7 Å². The topological polar surface area (TPSA) is 64.7 Å². The molecular weight excluding hydrogens is 468 g/mol. The second-order valence-electron chi connectivity index (χ2n) is 8.34. The molecule has 0 spiro atoms. The summed E-state index contributed by atoms with van der Waals surface area (Å²) in [6, 6.07) is 18.1. The molecule has 3 aromatic carbocycles. The van der Waals surface area contributed by atoms with Crippen molar-refractivity contribution in [3.8, 4) is 0 Å². The van der Waals surface area contributed by atoms with Gasteiger partial charge in [-0.1, -0.05) is 23.7 Å². The molecular formula is C26H27ClN4O2S. The van der Waals surface area contributed by atoms with E-state index in [1.54, 1.807) is 42.5 Å². The minimum Gasteiger partial charge on any atom is -0.322 e. The van der Waals surface area contributed by atoms with Gasteiger partial charge in [-0.25, -0.2) is 4.31 Å². The van der Waals surface area contributed by atoms with Crippen LogP contribution in [0.4, 0.5) is 17.1 Å². The number of hydrogen-bond acceptors (Lipinski definition) is 5. The van der Waals surface area contributed by atoms with Crippen LogP contribution in [0.2, 0.25) is 5.02 Å². The van der Waals surface area contributed by atoms with Gasteiger partial charge in [0.05, 0.1) is 0 Å². The van der Waals surface area contributed by atoms with Crippen molar-refractivity contribution in [3.05, 3.63) is 87.9 Å². The van der Waals surface area contributed by atoms with Crippen LogP contribution < -0.4 is 14.9 Å². The summed E-state index contributed by atoms with van der Waals surface area (Å²) >= 11 is 7.70. The standard InChI is InChI=1S/C26H27ClN4O2S/c1-17-8-9-21(16-24(17)29-25(32)19-6-4-7-20(27)15-19)28-26(33)23-11-10-22(14-18(23)2)31-13-5-12-30(3)34-31/h4,6-11,14-16H,5,12-13H2,1-3H3,(H,28,33)(H,29,32). The van der Waals surface area contributed by atoms with E-state index in [0.29, 0.717) is 27.5 Å². The van der Waals surface area contributed by atoms with Crippen molar-refractivity contribution in [1.82, 2.24) is 4.31 Å². The minimum absolute atomic E-state index is 0.191. The number of nitrogens with one attached hydrogen (secondary N) is 2. The maximum absolute atomic E-state index is 13.0. The van der Waals surface area contributed by atoms with Gasteiger partial charge in [0.1, 0.15) is 0 Å². The molecule has 1 heterocycles. The van der Waals surface area contributed by atoms with Gasteiger partial charge in [0.2, 0.25) is 0 Å². The second-order valence-corrected chi connectivity index (χ2v) is 10.0. The number of carbonyl (C=O) groups excluding carboxylic acids is 2. The maximum atomic E-state index is 13.0. The number of carbonyl (C=O) groups is 2. The summed E-state index contributed by atoms with van der Waals surface area (Å²) in [5, 5.41) is 6.36. The average Bonchev–Trinajstić information content (AvgIpc) is 2.81. The zero-order valence-electron chi connectivity index (χ0n) is 19.4. The molecule has 1 aliphatic heterocycles. The van der Waals surface area contributed by atoms with Crippen LogP contribution in [0.1, 0.15) is 38.3 Å². The summed E-state index contributed by atoms with van der Waals surface area (Å²) in [5.41, 5.74) is 5.20. The smallest absolute Gasteiger partial charge is 0.255 e. The van der Waals surface area contributed by atoms with E-state index in [4.69, 9.17) is 11.6 Å². The van der Waals surface area contributed by atoms with Crippen molar-refractivity contribution >= 4 is 52.6 Å².